The molecule has 0 amide bonds. The molecule has 5 nitrogen and oxygen atoms in total. The Morgan fingerprint density at radius 1 is 1.07 bits per heavy atom. The highest BCUT2D eigenvalue weighted by Crippen LogP contribution is 2.23. The first kappa shape index (κ1) is 19.8. The van der Waals surface area contributed by atoms with Gasteiger partial charge in [-0.25, -0.2) is 0 Å². The number of pyridine rings is 1. The molecule has 1 N–H and O–H groups in total. The molecule has 0 spiro atoms. The highest BCUT2D eigenvalue weighted by Gasteiger charge is 2.10. The van der Waals surface area contributed by atoms with Gasteiger partial charge in [0.15, 0.2) is 0 Å². The smallest absolute Gasteiger partial charge is 0.256 e. The van der Waals surface area contributed by atoms with Gasteiger partial charge in [0.2, 0.25) is 0 Å². The Kier molecular flexibility index (Phi) is 6.25. The van der Waals surface area contributed by atoms with Crippen LogP contribution in [0, 0.1) is 12.3 Å². The third-order valence-electron chi connectivity index (χ3n) is 4.44. The fraction of sp³-hybridized carbons (Fsp3) is 0.227. The van der Waals surface area contributed by atoms with Crippen molar-refractivity contribution < 1.29 is 9.47 Å². The fourth-order valence-electron chi connectivity index (χ4n) is 3.09. The van der Waals surface area contributed by atoms with Crippen LogP contribution in [0.4, 0.5) is 0 Å². The van der Waals surface area contributed by atoms with Crippen molar-refractivity contribution >= 4 is 22.5 Å². The lowest BCUT2D eigenvalue weighted by atomic mass is 10.1. The molecule has 0 aliphatic heterocycles. The molecule has 0 saturated heterocycles. The number of ether oxygens (including phenoxy) is 2. The molecule has 3 rings (SSSR count). The quantitative estimate of drug-likeness (QED) is 0.620. The van der Waals surface area contributed by atoms with Gasteiger partial charge in [-0.2, -0.15) is 0 Å². The Morgan fingerprint density at radius 2 is 1.79 bits per heavy atom. The van der Waals surface area contributed by atoms with E-state index in [-0.39, 0.29) is 12.1 Å². The van der Waals surface area contributed by atoms with Gasteiger partial charge in [-0.1, -0.05) is 23.6 Å². The van der Waals surface area contributed by atoms with Gasteiger partial charge in [-0.3, -0.25) is 9.36 Å². The molecule has 2 aromatic carbocycles. The van der Waals surface area contributed by atoms with E-state index in [9.17, 15) is 4.79 Å². The van der Waals surface area contributed by atoms with Crippen molar-refractivity contribution in [2.45, 2.75) is 19.6 Å². The molecule has 0 bridgehead atoms. The third-order valence-corrected chi connectivity index (χ3v) is 4.67. The molecular weight excluding hydrogens is 376 g/mol. The van der Waals surface area contributed by atoms with Crippen LogP contribution in [0.25, 0.3) is 10.9 Å². The minimum Gasteiger partial charge on any atom is -0.497 e. The highest BCUT2D eigenvalue weighted by atomic mass is 35.5. The lowest BCUT2D eigenvalue weighted by Crippen LogP contribution is -2.27. The third kappa shape index (κ3) is 4.30. The van der Waals surface area contributed by atoms with Crippen molar-refractivity contribution in [3.8, 4) is 23.8 Å². The molecule has 0 radical (unpaired) electrons. The summed E-state index contributed by atoms with van der Waals surface area (Å²) in [6.07, 6.45) is 5.46. The van der Waals surface area contributed by atoms with Crippen molar-refractivity contribution in [3.05, 3.63) is 69.0 Å². The van der Waals surface area contributed by atoms with E-state index in [2.05, 4.69) is 11.2 Å². The second-order valence-electron chi connectivity index (χ2n) is 6.29. The summed E-state index contributed by atoms with van der Waals surface area (Å²) in [5, 5.41) is 4.79. The standard InChI is InChI=1S/C22H21ClN2O3/c1-4-7-25-21-11-18(23)6-5-16(21)10-17(22(25)26)14-24-13-15-8-19(27-2)12-20(9-15)28-3/h1,5-6,8-12,24H,7,13-14H2,2-3H3. The zero-order valence-corrected chi connectivity index (χ0v) is 16.5. The molecule has 0 atom stereocenters. The molecule has 1 heterocycles. The van der Waals surface area contributed by atoms with Crippen LogP contribution < -0.4 is 20.3 Å². The van der Waals surface area contributed by atoms with E-state index in [4.69, 9.17) is 27.5 Å². The zero-order chi connectivity index (χ0) is 20.1. The molecule has 1 aromatic heterocycles. The van der Waals surface area contributed by atoms with Crippen LogP contribution in [0.2, 0.25) is 5.02 Å². The summed E-state index contributed by atoms with van der Waals surface area (Å²) in [6, 6.07) is 13.0. The summed E-state index contributed by atoms with van der Waals surface area (Å²) in [6.45, 7) is 1.15. The summed E-state index contributed by atoms with van der Waals surface area (Å²) >= 11 is 6.08. The van der Waals surface area contributed by atoms with Gasteiger partial charge < -0.3 is 14.8 Å². The van der Waals surface area contributed by atoms with Crippen LogP contribution in [-0.4, -0.2) is 18.8 Å². The fourth-order valence-corrected chi connectivity index (χ4v) is 3.26. The molecule has 0 aliphatic carbocycles. The van der Waals surface area contributed by atoms with Crippen LogP contribution in [0.1, 0.15) is 11.1 Å². The number of nitrogens with one attached hydrogen (secondary N) is 1. The SMILES string of the molecule is C#CCn1c(=O)c(CNCc2cc(OC)cc(OC)c2)cc2ccc(Cl)cc21. The van der Waals surface area contributed by atoms with E-state index in [1.54, 1.807) is 30.9 Å². The van der Waals surface area contributed by atoms with E-state index in [0.717, 1.165) is 28.0 Å². The monoisotopic (exact) mass is 396 g/mol. The average Bonchev–Trinajstić information content (AvgIpc) is 2.71. The average molecular weight is 397 g/mol. The van der Waals surface area contributed by atoms with Crippen molar-refractivity contribution in [1.29, 1.82) is 0 Å². The molecule has 3 aromatic rings. The van der Waals surface area contributed by atoms with Crippen molar-refractivity contribution in [3.63, 3.8) is 0 Å². The van der Waals surface area contributed by atoms with Crippen molar-refractivity contribution in [2.24, 2.45) is 0 Å². The number of fused-ring (bicyclic) bond motifs is 1. The van der Waals surface area contributed by atoms with E-state index in [1.165, 1.54) is 0 Å². The van der Waals surface area contributed by atoms with Crippen molar-refractivity contribution in [2.75, 3.05) is 14.2 Å². The highest BCUT2D eigenvalue weighted by molar-refractivity contribution is 6.31. The summed E-state index contributed by atoms with van der Waals surface area (Å²) in [4.78, 5) is 12.9. The molecule has 0 fully saturated rings. The number of rotatable bonds is 7. The Morgan fingerprint density at radius 3 is 2.43 bits per heavy atom. The van der Waals surface area contributed by atoms with Crippen LogP contribution in [0.3, 0.4) is 0 Å². The van der Waals surface area contributed by atoms with Gasteiger partial charge in [0.05, 0.1) is 26.3 Å². The van der Waals surface area contributed by atoms with Crippen LogP contribution in [0.15, 0.2) is 47.3 Å². The van der Waals surface area contributed by atoms with Gasteiger partial charge in [0.1, 0.15) is 11.5 Å². The van der Waals surface area contributed by atoms with Crippen LogP contribution in [-0.2, 0) is 19.6 Å². The number of nitrogens with zero attached hydrogens (tertiary/aromatic N) is 1. The first-order valence-electron chi connectivity index (χ1n) is 8.74. The number of aromatic nitrogens is 1. The molecule has 28 heavy (non-hydrogen) atoms. The lowest BCUT2D eigenvalue weighted by molar-refractivity contribution is 0.393. The maximum Gasteiger partial charge on any atom is 0.256 e. The number of halogens is 1. The Balaban J connectivity index is 1.85. The minimum atomic E-state index is -0.122. The summed E-state index contributed by atoms with van der Waals surface area (Å²) in [7, 11) is 3.22. The largest absolute Gasteiger partial charge is 0.497 e. The van der Waals surface area contributed by atoms with Crippen LogP contribution in [0.5, 0.6) is 11.5 Å². The van der Waals surface area contributed by atoms with Gasteiger partial charge in [-0.05, 0) is 41.3 Å². The molecule has 0 saturated carbocycles. The predicted octanol–water partition coefficient (Wildman–Crippen LogP) is 3.60. The van der Waals surface area contributed by atoms with Gasteiger partial charge in [0.25, 0.3) is 5.56 Å². The summed E-state index contributed by atoms with van der Waals surface area (Å²) < 4.78 is 12.2. The number of hydrogen-bond donors (Lipinski definition) is 1. The lowest BCUT2D eigenvalue weighted by Gasteiger charge is -2.12. The normalized spacial score (nSPS) is 10.6. The topological polar surface area (TPSA) is 52.5 Å². The number of hydrogen-bond acceptors (Lipinski definition) is 4. The zero-order valence-electron chi connectivity index (χ0n) is 15.8. The Hall–Kier alpha value is -2.94. The molecule has 6 heteroatoms. The Bertz CT molecular complexity index is 1080. The second-order valence-corrected chi connectivity index (χ2v) is 6.73. The number of methoxy groups -OCH3 is 2. The van der Waals surface area contributed by atoms with Gasteiger partial charge >= 0.3 is 0 Å². The van der Waals surface area contributed by atoms with Crippen molar-refractivity contribution in [1.82, 2.24) is 9.88 Å². The molecule has 0 aliphatic rings. The van der Waals surface area contributed by atoms with Crippen LogP contribution >= 0.6 is 11.6 Å². The first-order valence-corrected chi connectivity index (χ1v) is 9.11. The summed E-state index contributed by atoms with van der Waals surface area (Å²) in [5.74, 6) is 3.98. The first-order chi connectivity index (χ1) is 13.5. The second kappa shape index (κ2) is 8.83. The maximum atomic E-state index is 12.9. The molecular formula is C22H21ClN2O3. The minimum absolute atomic E-state index is 0.122. The van der Waals surface area contributed by atoms with E-state index < -0.39 is 0 Å². The van der Waals surface area contributed by atoms with E-state index in [0.29, 0.717) is 23.7 Å². The van der Waals surface area contributed by atoms with Gasteiger partial charge in [-0.15, -0.1) is 6.42 Å². The van der Waals surface area contributed by atoms with E-state index in [1.807, 2.05) is 30.3 Å². The number of terminal acetylenes is 1. The predicted molar refractivity (Wildman–Crippen MR) is 112 cm³/mol. The van der Waals surface area contributed by atoms with Gasteiger partial charge in [0, 0.05) is 29.7 Å². The Labute approximate surface area is 168 Å². The van der Waals surface area contributed by atoms with E-state index >= 15 is 0 Å². The molecule has 0 unspecified atom stereocenters. The number of benzene rings is 2. The molecule has 144 valence electrons. The maximum absolute atomic E-state index is 12.9. The summed E-state index contributed by atoms with van der Waals surface area (Å²) in [5.41, 5.74) is 2.24.